The largest absolute Gasteiger partial charge is 0.573 e. The standard InChI is InChI=1S/C30H29F3N2O6/c1-3-39-29(38)28(37)35-16-14-22(15-17-35)40-24-8-5-7-21(18-24)34-27(36)25-9-4-6-19(2)26(25)20-10-12-23(13-11-20)41-30(31,32)33/h4-13,18,22H,3,14-17H2,1-2H3,(H,34,36). The van der Waals surface area contributed by atoms with Gasteiger partial charge in [0.05, 0.1) is 6.61 Å². The Bertz CT molecular complexity index is 1400. The summed E-state index contributed by atoms with van der Waals surface area (Å²) in [6.45, 7) is 4.30. The number of hydrogen-bond acceptors (Lipinski definition) is 6. The number of aryl methyl sites for hydroxylation is 1. The van der Waals surface area contributed by atoms with Gasteiger partial charge in [-0.2, -0.15) is 0 Å². The number of amides is 2. The number of carbonyl (C=O) groups is 3. The van der Waals surface area contributed by atoms with Gasteiger partial charge in [0.15, 0.2) is 0 Å². The lowest BCUT2D eigenvalue weighted by atomic mass is 9.94. The van der Waals surface area contributed by atoms with E-state index in [-0.39, 0.29) is 18.5 Å². The van der Waals surface area contributed by atoms with Crippen molar-refractivity contribution in [1.82, 2.24) is 4.90 Å². The van der Waals surface area contributed by atoms with Crippen molar-refractivity contribution in [2.24, 2.45) is 0 Å². The Balaban J connectivity index is 1.42. The summed E-state index contributed by atoms with van der Waals surface area (Å²) in [5.41, 5.74) is 2.75. The minimum absolute atomic E-state index is 0.135. The second-order valence-corrected chi connectivity index (χ2v) is 9.38. The summed E-state index contributed by atoms with van der Waals surface area (Å²) in [4.78, 5) is 38.6. The zero-order valence-electron chi connectivity index (χ0n) is 22.5. The minimum atomic E-state index is -4.80. The van der Waals surface area contributed by atoms with Crippen LogP contribution in [0.25, 0.3) is 11.1 Å². The summed E-state index contributed by atoms with van der Waals surface area (Å²) in [6, 6.07) is 17.4. The Morgan fingerprint density at radius 1 is 0.951 bits per heavy atom. The Labute approximate surface area is 235 Å². The molecular formula is C30H29F3N2O6. The second-order valence-electron chi connectivity index (χ2n) is 9.38. The molecular weight excluding hydrogens is 541 g/mol. The molecule has 41 heavy (non-hydrogen) atoms. The molecule has 1 N–H and O–H groups in total. The van der Waals surface area contributed by atoms with Crippen molar-refractivity contribution in [1.29, 1.82) is 0 Å². The van der Waals surface area contributed by atoms with Gasteiger partial charge in [0, 0.05) is 43.2 Å². The van der Waals surface area contributed by atoms with Crippen LogP contribution in [0.15, 0.2) is 66.7 Å². The van der Waals surface area contributed by atoms with E-state index in [1.807, 2.05) is 13.0 Å². The third-order valence-corrected chi connectivity index (χ3v) is 6.47. The van der Waals surface area contributed by atoms with Gasteiger partial charge in [-0.25, -0.2) is 4.79 Å². The first-order valence-electron chi connectivity index (χ1n) is 13.0. The van der Waals surface area contributed by atoms with Gasteiger partial charge in [-0.15, -0.1) is 13.2 Å². The molecule has 0 atom stereocenters. The SMILES string of the molecule is CCOC(=O)C(=O)N1CCC(Oc2cccc(NC(=O)c3cccc(C)c3-c3ccc(OC(F)(F)F)cc3)c2)CC1. The van der Waals surface area contributed by atoms with E-state index in [1.165, 1.54) is 29.2 Å². The molecule has 0 saturated carbocycles. The molecule has 1 aliphatic heterocycles. The van der Waals surface area contributed by atoms with Crippen LogP contribution in [0, 0.1) is 6.92 Å². The summed E-state index contributed by atoms with van der Waals surface area (Å²) in [5, 5.41) is 2.87. The molecule has 4 rings (SSSR count). The second kappa shape index (κ2) is 12.8. The quantitative estimate of drug-likeness (QED) is 0.287. The molecule has 0 spiro atoms. The zero-order chi connectivity index (χ0) is 29.6. The van der Waals surface area contributed by atoms with Crippen molar-refractivity contribution in [3.63, 3.8) is 0 Å². The number of esters is 1. The number of halogens is 3. The highest BCUT2D eigenvalue weighted by atomic mass is 19.4. The van der Waals surface area contributed by atoms with Gasteiger partial charge in [0.25, 0.3) is 5.91 Å². The molecule has 3 aromatic rings. The zero-order valence-corrected chi connectivity index (χ0v) is 22.5. The van der Waals surface area contributed by atoms with E-state index in [9.17, 15) is 27.6 Å². The highest BCUT2D eigenvalue weighted by molar-refractivity contribution is 6.32. The van der Waals surface area contributed by atoms with E-state index in [0.29, 0.717) is 54.1 Å². The summed E-state index contributed by atoms with van der Waals surface area (Å²) in [7, 11) is 0. The summed E-state index contributed by atoms with van der Waals surface area (Å²) in [6.07, 6.45) is -3.92. The fraction of sp³-hybridized carbons (Fsp3) is 0.300. The van der Waals surface area contributed by atoms with E-state index < -0.39 is 24.1 Å². The predicted molar refractivity (Wildman–Crippen MR) is 145 cm³/mol. The molecule has 0 aliphatic carbocycles. The van der Waals surface area contributed by atoms with E-state index >= 15 is 0 Å². The van der Waals surface area contributed by atoms with Crippen molar-refractivity contribution in [3.8, 4) is 22.6 Å². The summed E-state index contributed by atoms with van der Waals surface area (Å²) < 4.78 is 52.4. The number of piperidine rings is 1. The Hall–Kier alpha value is -4.54. The number of benzene rings is 3. The van der Waals surface area contributed by atoms with Crippen LogP contribution >= 0.6 is 0 Å². The Morgan fingerprint density at radius 3 is 2.29 bits per heavy atom. The van der Waals surface area contributed by atoms with Crippen molar-refractivity contribution in [3.05, 3.63) is 77.9 Å². The molecule has 8 nitrogen and oxygen atoms in total. The molecule has 1 heterocycles. The van der Waals surface area contributed by atoms with Crippen LogP contribution in [0.2, 0.25) is 0 Å². The molecule has 1 aliphatic rings. The Kier molecular flexibility index (Phi) is 9.16. The number of carbonyl (C=O) groups excluding carboxylic acids is 3. The fourth-order valence-corrected chi connectivity index (χ4v) is 4.60. The number of alkyl halides is 3. The molecule has 0 unspecified atom stereocenters. The van der Waals surface area contributed by atoms with Gasteiger partial charge in [-0.1, -0.05) is 30.3 Å². The van der Waals surface area contributed by atoms with E-state index in [2.05, 4.69) is 10.1 Å². The maximum atomic E-state index is 13.3. The number of nitrogens with one attached hydrogen (secondary N) is 1. The van der Waals surface area contributed by atoms with Crippen LogP contribution in [0.5, 0.6) is 11.5 Å². The first-order chi connectivity index (χ1) is 19.5. The molecule has 0 bridgehead atoms. The molecule has 0 aromatic heterocycles. The van der Waals surface area contributed by atoms with Gasteiger partial charge < -0.3 is 24.4 Å². The topological polar surface area (TPSA) is 94.2 Å². The molecule has 1 saturated heterocycles. The van der Waals surface area contributed by atoms with Crippen LogP contribution in [-0.4, -0.2) is 54.8 Å². The predicted octanol–water partition coefficient (Wildman–Crippen LogP) is 5.75. The van der Waals surface area contributed by atoms with Crippen LogP contribution in [-0.2, 0) is 14.3 Å². The molecule has 11 heteroatoms. The first-order valence-corrected chi connectivity index (χ1v) is 13.0. The smallest absolute Gasteiger partial charge is 0.490 e. The maximum Gasteiger partial charge on any atom is 0.573 e. The third-order valence-electron chi connectivity index (χ3n) is 6.47. The highest BCUT2D eigenvalue weighted by Crippen LogP contribution is 2.32. The van der Waals surface area contributed by atoms with Crippen LogP contribution < -0.4 is 14.8 Å². The van der Waals surface area contributed by atoms with Gasteiger partial charge >= 0.3 is 18.2 Å². The number of rotatable bonds is 7. The normalized spacial score (nSPS) is 13.8. The molecule has 3 aromatic carbocycles. The first kappa shape index (κ1) is 29.4. The maximum absolute atomic E-state index is 13.3. The monoisotopic (exact) mass is 570 g/mol. The number of ether oxygens (including phenoxy) is 3. The van der Waals surface area contributed by atoms with Gasteiger partial charge in [-0.3, -0.25) is 9.59 Å². The van der Waals surface area contributed by atoms with Gasteiger partial charge in [-0.05, 0) is 60.9 Å². The van der Waals surface area contributed by atoms with Gasteiger partial charge in [0.1, 0.15) is 17.6 Å². The van der Waals surface area contributed by atoms with Crippen molar-refractivity contribution >= 4 is 23.5 Å². The summed E-state index contributed by atoms with van der Waals surface area (Å²) >= 11 is 0. The number of nitrogens with zero attached hydrogens (tertiary/aromatic N) is 1. The summed E-state index contributed by atoms with van der Waals surface area (Å²) in [5.74, 6) is -1.74. The van der Waals surface area contributed by atoms with Crippen molar-refractivity contribution < 1.29 is 41.8 Å². The lowest BCUT2D eigenvalue weighted by Gasteiger charge is -2.31. The fourth-order valence-electron chi connectivity index (χ4n) is 4.60. The lowest BCUT2D eigenvalue weighted by molar-refractivity contribution is -0.274. The molecule has 1 fully saturated rings. The number of likely N-dealkylation sites (tertiary alicyclic amines) is 1. The third kappa shape index (κ3) is 7.77. The molecule has 2 amide bonds. The average Bonchev–Trinajstić information content (AvgIpc) is 2.93. The van der Waals surface area contributed by atoms with Crippen LogP contribution in [0.4, 0.5) is 18.9 Å². The number of hydrogen-bond donors (Lipinski definition) is 1. The van der Waals surface area contributed by atoms with Gasteiger partial charge in [0.2, 0.25) is 0 Å². The van der Waals surface area contributed by atoms with E-state index in [0.717, 1.165) is 5.56 Å². The Morgan fingerprint density at radius 2 is 1.63 bits per heavy atom. The van der Waals surface area contributed by atoms with E-state index in [4.69, 9.17) is 9.47 Å². The van der Waals surface area contributed by atoms with E-state index in [1.54, 1.807) is 43.3 Å². The lowest BCUT2D eigenvalue weighted by Crippen LogP contribution is -2.45. The molecule has 216 valence electrons. The van der Waals surface area contributed by atoms with Crippen molar-refractivity contribution in [2.75, 3.05) is 25.0 Å². The number of anilines is 1. The highest BCUT2D eigenvalue weighted by Gasteiger charge is 2.31. The van der Waals surface area contributed by atoms with Crippen LogP contribution in [0.1, 0.15) is 35.7 Å². The van der Waals surface area contributed by atoms with Crippen LogP contribution in [0.3, 0.4) is 0 Å². The minimum Gasteiger partial charge on any atom is -0.490 e. The average molecular weight is 571 g/mol. The molecule has 0 radical (unpaired) electrons. The van der Waals surface area contributed by atoms with Crippen molar-refractivity contribution in [2.45, 2.75) is 39.2 Å².